The lowest BCUT2D eigenvalue weighted by Gasteiger charge is -2.18. The van der Waals surface area contributed by atoms with Crippen LogP contribution in [0.3, 0.4) is 0 Å². The third-order valence-electron chi connectivity index (χ3n) is 2.88. The molecule has 2 bridgehead atoms. The Morgan fingerprint density at radius 2 is 2.06 bits per heavy atom. The van der Waals surface area contributed by atoms with E-state index in [1.54, 1.807) is 11.8 Å². The molecule has 3 heteroatoms. The first kappa shape index (κ1) is 11.8. The van der Waals surface area contributed by atoms with Crippen LogP contribution in [0.5, 0.6) is 0 Å². The van der Waals surface area contributed by atoms with E-state index >= 15 is 0 Å². The highest BCUT2D eigenvalue weighted by atomic mass is 35.5. The van der Waals surface area contributed by atoms with Crippen molar-refractivity contribution in [2.45, 2.75) is 17.4 Å². The van der Waals surface area contributed by atoms with Crippen molar-refractivity contribution in [2.24, 2.45) is 4.99 Å². The Hall–Kier alpha value is -1.25. The van der Waals surface area contributed by atoms with Crippen molar-refractivity contribution in [2.75, 3.05) is 0 Å². The highest BCUT2D eigenvalue weighted by Crippen LogP contribution is 2.36. The van der Waals surface area contributed by atoms with Crippen LogP contribution < -0.4 is 0 Å². The number of allylic oxidation sites excluding steroid dienone is 4. The number of hydrogen-bond donors (Lipinski definition) is 0. The van der Waals surface area contributed by atoms with Gasteiger partial charge in [0.1, 0.15) is 5.17 Å². The van der Waals surface area contributed by atoms with Gasteiger partial charge in [-0.15, -0.1) is 0 Å². The SMILES string of the molecule is ClC1=NC2C=C/C=C\C=C(/C2)Sc2ccccc21. The fourth-order valence-corrected chi connectivity index (χ4v) is 3.46. The van der Waals surface area contributed by atoms with Crippen LogP contribution in [-0.4, -0.2) is 11.2 Å². The summed E-state index contributed by atoms with van der Waals surface area (Å²) in [6.45, 7) is 0. The maximum atomic E-state index is 6.33. The molecule has 90 valence electrons. The average molecular weight is 274 g/mol. The molecular weight excluding hydrogens is 262 g/mol. The van der Waals surface area contributed by atoms with E-state index in [9.17, 15) is 0 Å². The van der Waals surface area contributed by atoms with E-state index in [0.717, 1.165) is 12.0 Å². The molecule has 0 aromatic heterocycles. The largest absolute Gasteiger partial charge is 0.265 e. The highest BCUT2D eigenvalue weighted by Gasteiger charge is 2.17. The molecule has 0 spiro atoms. The molecule has 1 unspecified atom stereocenters. The minimum absolute atomic E-state index is 0.134. The standard InChI is InChI=1S/C15H12ClNS/c16-15-13-8-4-5-9-14(13)18-12-7-3-1-2-6-11(10-12)17-15/h1-9,11H,10H2/b3-1-,6-2?,12-7+,17-15?. The van der Waals surface area contributed by atoms with Crippen LogP contribution in [0.2, 0.25) is 0 Å². The molecule has 0 saturated heterocycles. The van der Waals surface area contributed by atoms with E-state index in [0.29, 0.717) is 5.17 Å². The molecule has 0 N–H and O–H groups in total. The topological polar surface area (TPSA) is 12.4 Å². The van der Waals surface area contributed by atoms with Crippen LogP contribution >= 0.6 is 23.4 Å². The van der Waals surface area contributed by atoms with Gasteiger partial charge < -0.3 is 0 Å². The molecule has 0 amide bonds. The molecule has 2 aliphatic rings. The molecule has 1 atom stereocenters. The van der Waals surface area contributed by atoms with Crippen LogP contribution in [0, 0.1) is 0 Å². The van der Waals surface area contributed by atoms with Gasteiger partial charge in [0.05, 0.1) is 6.04 Å². The van der Waals surface area contributed by atoms with Crippen LogP contribution in [0.1, 0.15) is 12.0 Å². The van der Waals surface area contributed by atoms with Gasteiger partial charge in [-0.3, -0.25) is 4.99 Å². The van der Waals surface area contributed by atoms with E-state index in [-0.39, 0.29) is 6.04 Å². The second-order valence-corrected chi connectivity index (χ2v) is 5.72. The van der Waals surface area contributed by atoms with E-state index in [4.69, 9.17) is 11.6 Å². The number of thioether (sulfide) groups is 1. The van der Waals surface area contributed by atoms with E-state index < -0.39 is 0 Å². The third-order valence-corrected chi connectivity index (χ3v) is 4.32. The number of hydrogen-bond acceptors (Lipinski definition) is 2. The summed E-state index contributed by atoms with van der Waals surface area (Å²) in [5.74, 6) is 0. The number of aliphatic imine (C=N–C) groups is 1. The second-order valence-electron chi connectivity index (χ2n) is 4.19. The van der Waals surface area contributed by atoms with Crippen molar-refractivity contribution < 1.29 is 0 Å². The maximum absolute atomic E-state index is 6.33. The fraction of sp³-hybridized carbons (Fsp3) is 0.133. The number of rotatable bonds is 0. The lowest BCUT2D eigenvalue weighted by molar-refractivity contribution is 0.827. The predicted octanol–water partition coefficient (Wildman–Crippen LogP) is 4.55. The van der Waals surface area contributed by atoms with Gasteiger partial charge in [-0.2, -0.15) is 0 Å². The molecule has 1 heterocycles. The summed E-state index contributed by atoms with van der Waals surface area (Å²) in [5.41, 5.74) is 1.03. The molecule has 1 aliphatic carbocycles. The van der Waals surface area contributed by atoms with Crippen molar-refractivity contribution in [1.82, 2.24) is 0 Å². The summed E-state index contributed by atoms with van der Waals surface area (Å²) in [6, 6.07) is 8.29. The Morgan fingerprint density at radius 1 is 1.17 bits per heavy atom. The quantitative estimate of drug-likeness (QED) is 0.676. The zero-order chi connectivity index (χ0) is 12.4. The van der Waals surface area contributed by atoms with Crippen molar-refractivity contribution in [3.05, 3.63) is 65.1 Å². The number of nitrogens with zero attached hydrogens (tertiary/aromatic N) is 1. The molecular formula is C15H12ClNS. The van der Waals surface area contributed by atoms with Crippen molar-refractivity contribution >= 4 is 28.5 Å². The first-order valence-corrected chi connectivity index (χ1v) is 7.07. The average Bonchev–Trinajstić information content (AvgIpc) is 2.33. The molecule has 3 rings (SSSR count). The number of fused-ring (bicyclic) bond motifs is 3. The van der Waals surface area contributed by atoms with Crippen molar-refractivity contribution in [1.29, 1.82) is 0 Å². The van der Waals surface area contributed by atoms with E-state index in [1.807, 2.05) is 30.4 Å². The van der Waals surface area contributed by atoms with Gasteiger partial charge in [0.25, 0.3) is 0 Å². The molecule has 1 nitrogen and oxygen atoms in total. The summed E-state index contributed by atoms with van der Waals surface area (Å²) in [6.07, 6.45) is 11.3. The van der Waals surface area contributed by atoms with E-state index in [1.165, 1.54) is 9.80 Å². The molecule has 1 aliphatic heterocycles. The fourth-order valence-electron chi connectivity index (χ4n) is 2.01. The van der Waals surface area contributed by atoms with Crippen LogP contribution in [0.4, 0.5) is 0 Å². The van der Waals surface area contributed by atoms with E-state index in [2.05, 4.69) is 29.3 Å². The zero-order valence-electron chi connectivity index (χ0n) is 9.71. The van der Waals surface area contributed by atoms with Gasteiger partial charge >= 0.3 is 0 Å². The lowest BCUT2D eigenvalue weighted by atomic mass is 10.1. The highest BCUT2D eigenvalue weighted by molar-refractivity contribution is 8.03. The smallest absolute Gasteiger partial charge is 0.132 e. The first-order valence-electron chi connectivity index (χ1n) is 5.87. The van der Waals surface area contributed by atoms with Crippen LogP contribution in [-0.2, 0) is 0 Å². The summed E-state index contributed by atoms with van der Waals surface area (Å²) in [7, 11) is 0. The third kappa shape index (κ3) is 2.45. The lowest BCUT2D eigenvalue weighted by Crippen LogP contribution is -2.09. The summed E-state index contributed by atoms with van der Waals surface area (Å²) in [5, 5.41) is 0.608. The molecule has 0 saturated carbocycles. The minimum atomic E-state index is 0.134. The van der Waals surface area contributed by atoms with Crippen molar-refractivity contribution in [3.63, 3.8) is 0 Å². The van der Waals surface area contributed by atoms with Gasteiger partial charge in [0.15, 0.2) is 0 Å². The Labute approximate surface area is 116 Å². The molecule has 1 aromatic carbocycles. The van der Waals surface area contributed by atoms with Gasteiger partial charge in [0.2, 0.25) is 0 Å². The normalized spacial score (nSPS) is 26.6. The Balaban J connectivity index is 2.14. The summed E-state index contributed by atoms with van der Waals surface area (Å²) >= 11 is 8.11. The van der Waals surface area contributed by atoms with Crippen molar-refractivity contribution in [3.8, 4) is 0 Å². The first-order chi connectivity index (χ1) is 8.83. The monoisotopic (exact) mass is 273 g/mol. The molecule has 0 radical (unpaired) electrons. The molecule has 1 aromatic rings. The zero-order valence-corrected chi connectivity index (χ0v) is 11.3. The van der Waals surface area contributed by atoms with Gasteiger partial charge in [-0.1, -0.05) is 71.9 Å². The summed E-state index contributed by atoms with van der Waals surface area (Å²) < 4.78 is 0. The second kappa shape index (κ2) is 5.17. The Bertz CT molecular complexity index is 584. The minimum Gasteiger partial charge on any atom is -0.265 e. The Morgan fingerprint density at radius 3 is 3.00 bits per heavy atom. The predicted molar refractivity (Wildman–Crippen MR) is 79.5 cm³/mol. The van der Waals surface area contributed by atoms with Gasteiger partial charge in [-0.05, 0) is 11.0 Å². The van der Waals surface area contributed by atoms with Crippen LogP contribution in [0.15, 0.2) is 69.4 Å². The van der Waals surface area contributed by atoms with Crippen LogP contribution in [0.25, 0.3) is 0 Å². The Kier molecular flexibility index (Phi) is 3.39. The van der Waals surface area contributed by atoms with Gasteiger partial charge in [0, 0.05) is 16.9 Å². The molecule has 18 heavy (non-hydrogen) atoms. The number of halogens is 1. The summed E-state index contributed by atoms with van der Waals surface area (Å²) in [4.78, 5) is 7.10. The van der Waals surface area contributed by atoms with Gasteiger partial charge in [-0.25, -0.2) is 0 Å². The molecule has 0 fully saturated rings. The maximum Gasteiger partial charge on any atom is 0.132 e. The number of benzene rings is 1.